The summed E-state index contributed by atoms with van der Waals surface area (Å²) >= 11 is 6.05. The highest BCUT2D eigenvalue weighted by molar-refractivity contribution is 7.92. The quantitative estimate of drug-likeness (QED) is 0.252. The molecule has 1 amide bonds. The largest absolute Gasteiger partial charge is 0.482 e. The van der Waals surface area contributed by atoms with Crippen molar-refractivity contribution in [3.63, 3.8) is 0 Å². The van der Waals surface area contributed by atoms with E-state index in [-0.39, 0.29) is 17.2 Å². The van der Waals surface area contributed by atoms with E-state index in [1.54, 1.807) is 60.7 Å². The maximum atomic E-state index is 13.2. The predicted octanol–water partition coefficient (Wildman–Crippen LogP) is 3.24. The van der Waals surface area contributed by atoms with Crippen LogP contribution >= 0.6 is 11.6 Å². The summed E-state index contributed by atoms with van der Waals surface area (Å²) in [6.45, 7) is -0.732. The van der Waals surface area contributed by atoms with Crippen molar-refractivity contribution in [3.05, 3.63) is 89.4 Å². The molecule has 0 saturated carbocycles. The van der Waals surface area contributed by atoms with Crippen LogP contribution in [0.5, 0.6) is 5.75 Å². The molecule has 3 aromatic rings. The third-order valence-electron chi connectivity index (χ3n) is 4.58. The van der Waals surface area contributed by atoms with Crippen LogP contribution in [0.3, 0.4) is 0 Å². The van der Waals surface area contributed by atoms with Gasteiger partial charge in [0, 0.05) is 5.02 Å². The highest BCUT2D eigenvalue weighted by Crippen LogP contribution is 2.25. The van der Waals surface area contributed by atoms with Gasteiger partial charge < -0.3 is 9.47 Å². The minimum Gasteiger partial charge on any atom is -0.482 e. The number of sulfonamides is 1. The number of anilines is 1. The molecule has 35 heavy (non-hydrogen) atoms. The third kappa shape index (κ3) is 7.29. The van der Waals surface area contributed by atoms with Crippen LogP contribution in [0, 0.1) is 0 Å². The summed E-state index contributed by atoms with van der Waals surface area (Å²) in [5.41, 5.74) is 3.21. The number of hydrogen-bond acceptors (Lipinski definition) is 7. The number of carbonyl (C=O) groups is 2. The molecule has 3 aromatic carbocycles. The van der Waals surface area contributed by atoms with Crippen molar-refractivity contribution < 1.29 is 27.5 Å². The number of halogens is 1. The van der Waals surface area contributed by atoms with Crippen LogP contribution in [-0.4, -0.2) is 46.8 Å². The van der Waals surface area contributed by atoms with Crippen molar-refractivity contribution in [3.8, 4) is 5.75 Å². The SMILES string of the molecule is COC(=O)COc1ccc(/C=N/NC(=O)CN(c2cccc(Cl)c2)S(=O)(=O)c2ccccc2)cc1. The zero-order chi connectivity index (χ0) is 25.3. The maximum Gasteiger partial charge on any atom is 0.343 e. The molecule has 182 valence electrons. The van der Waals surface area contributed by atoms with Crippen LogP contribution in [0.1, 0.15) is 5.56 Å². The Morgan fingerprint density at radius 1 is 1.03 bits per heavy atom. The lowest BCUT2D eigenvalue weighted by Gasteiger charge is -2.23. The summed E-state index contributed by atoms with van der Waals surface area (Å²) in [5, 5.41) is 4.22. The number of methoxy groups -OCH3 is 1. The number of hydrazone groups is 1. The second kappa shape index (κ2) is 12.0. The number of ether oxygens (including phenoxy) is 2. The highest BCUT2D eigenvalue weighted by Gasteiger charge is 2.27. The van der Waals surface area contributed by atoms with Crippen molar-refractivity contribution in [1.82, 2.24) is 5.43 Å². The number of rotatable bonds is 10. The molecule has 0 heterocycles. The summed E-state index contributed by atoms with van der Waals surface area (Å²) in [7, 11) is -2.78. The number of carbonyl (C=O) groups excluding carboxylic acids is 2. The first-order valence-electron chi connectivity index (χ1n) is 10.2. The standard InChI is InChI=1S/C24H22ClN3O6S/c1-33-24(30)17-34-21-12-10-18(11-13-21)15-26-27-23(29)16-28(20-7-5-6-19(25)14-20)35(31,32)22-8-3-2-4-9-22/h2-15H,16-17H2,1H3,(H,27,29)/b26-15+. The average molecular weight is 516 g/mol. The van der Waals surface area contributed by atoms with E-state index in [1.165, 1.54) is 31.5 Å². The van der Waals surface area contributed by atoms with Crippen molar-refractivity contribution in [2.24, 2.45) is 5.10 Å². The maximum absolute atomic E-state index is 13.2. The molecule has 0 unspecified atom stereocenters. The van der Waals surface area contributed by atoms with Crippen LogP contribution in [0.25, 0.3) is 0 Å². The topological polar surface area (TPSA) is 114 Å². The van der Waals surface area contributed by atoms with Gasteiger partial charge in [0.25, 0.3) is 15.9 Å². The van der Waals surface area contributed by atoms with Crippen molar-refractivity contribution in [2.75, 3.05) is 24.6 Å². The second-order valence-corrected chi connectivity index (χ2v) is 9.33. The van der Waals surface area contributed by atoms with Gasteiger partial charge in [-0.2, -0.15) is 5.10 Å². The molecule has 0 fully saturated rings. The molecule has 0 spiro atoms. The molecule has 0 radical (unpaired) electrons. The Hall–Kier alpha value is -3.89. The van der Waals surface area contributed by atoms with Gasteiger partial charge in [0.15, 0.2) is 6.61 Å². The Bertz CT molecular complexity index is 1300. The van der Waals surface area contributed by atoms with Crippen LogP contribution < -0.4 is 14.5 Å². The Morgan fingerprint density at radius 3 is 2.40 bits per heavy atom. The van der Waals surface area contributed by atoms with Gasteiger partial charge in [0.05, 0.1) is 23.9 Å². The first-order valence-corrected chi connectivity index (χ1v) is 12.1. The summed E-state index contributed by atoms with van der Waals surface area (Å²) in [4.78, 5) is 23.7. The van der Waals surface area contributed by atoms with E-state index in [2.05, 4.69) is 15.3 Å². The number of benzene rings is 3. The number of nitrogens with zero attached hydrogens (tertiary/aromatic N) is 2. The second-order valence-electron chi connectivity index (χ2n) is 7.03. The fourth-order valence-corrected chi connectivity index (χ4v) is 4.48. The Morgan fingerprint density at radius 2 is 1.74 bits per heavy atom. The van der Waals surface area contributed by atoms with E-state index < -0.39 is 28.4 Å². The van der Waals surface area contributed by atoms with Gasteiger partial charge in [0.2, 0.25) is 0 Å². The van der Waals surface area contributed by atoms with Gasteiger partial charge in [-0.1, -0.05) is 35.9 Å². The molecule has 0 aliphatic heterocycles. The normalized spacial score (nSPS) is 11.1. The Labute approximate surface area is 208 Å². The lowest BCUT2D eigenvalue weighted by atomic mass is 10.2. The summed E-state index contributed by atoms with van der Waals surface area (Å²) in [6.07, 6.45) is 1.39. The van der Waals surface area contributed by atoms with Gasteiger partial charge in [-0.05, 0) is 60.2 Å². The summed E-state index contributed by atoms with van der Waals surface area (Å²) in [5.74, 6) is -0.696. The first-order chi connectivity index (χ1) is 16.8. The van der Waals surface area contributed by atoms with Crippen LogP contribution in [0.15, 0.2) is 88.9 Å². The molecule has 3 rings (SSSR count). The predicted molar refractivity (Wildman–Crippen MR) is 132 cm³/mol. The zero-order valence-corrected chi connectivity index (χ0v) is 20.2. The molecule has 9 nitrogen and oxygen atoms in total. The molecule has 0 saturated heterocycles. The molecular formula is C24H22ClN3O6S. The molecule has 0 aliphatic rings. The van der Waals surface area contributed by atoms with Crippen LogP contribution in [0.2, 0.25) is 5.02 Å². The van der Waals surface area contributed by atoms with E-state index in [0.717, 1.165) is 4.31 Å². The molecule has 0 atom stereocenters. The van der Waals surface area contributed by atoms with E-state index >= 15 is 0 Å². The molecule has 11 heteroatoms. The molecular weight excluding hydrogens is 494 g/mol. The van der Waals surface area contributed by atoms with E-state index in [9.17, 15) is 18.0 Å². The lowest BCUT2D eigenvalue weighted by molar-refractivity contribution is -0.142. The van der Waals surface area contributed by atoms with Gasteiger partial charge in [0.1, 0.15) is 12.3 Å². The third-order valence-corrected chi connectivity index (χ3v) is 6.61. The summed E-state index contributed by atoms with van der Waals surface area (Å²) in [6, 6.07) is 20.6. The van der Waals surface area contributed by atoms with Crippen molar-refractivity contribution >= 4 is 45.4 Å². The van der Waals surface area contributed by atoms with E-state index in [0.29, 0.717) is 16.3 Å². The van der Waals surface area contributed by atoms with Gasteiger partial charge in [-0.15, -0.1) is 0 Å². The van der Waals surface area contributed by atoms with E-state index in [1.807, 2.05) is 0 Å². The molecule has 1 N–H and O–H groups in total. The smallest absolute Gasteiger partial charge is 0.343 e. The number of amides is 1. The van der Waals surface area contributed by atoms with Crippen LogP contribution in [-0.2, 0) is 24.3 Å². The van der Waals surface area contributed by atoms with E-state index in [4.69, 9.17) is 16.3 Å². The number of hydrogen-bond donors (Lipinski definition) is 1. The molecule has 0 aromatic heterocycles. The molecule has 0 bridgehead atoms. The average Bonchev–Trinajstić information content (AvgIpc) is 2.87. The lowest BCUT2D eigenvalue weighted by Crippen LogP contribution is -2.39. The zero-order valence-electron chi connectivity index (χ0n) is 18.6. The Kier molecular flexibility index (Phi) is 8.82. The fraction of sp³-hybridized carbons (Fsp3) is 0.125. The monoisotopic (exact) mass is 515 g/mol. The number of nitrogens with one attached hydrogen (secondary N) is 1. The van der Waals surface area contributed by atoms with Gasteiger partial charge >= 0.3 is 5.97 Å². The minimum atomic E-state index is -4.05. The highest BCUT2D eigenvalue weighted by atomic mass is 35.5. The summed E-state index contributed by atoms with van der Waals surface area (Å²) < 4.78 is 37.2. The van der Waals surface area contributed by atoms with Crippen LogP contribution in [0.4, 0.5) is 5.69 Å². The van der Waals surface area contributed by atoms with Gasteiger partial charge in [-0.25, -0.2) is 18.6 Å². The first kappa shape index (κ1) is 25.7. The van der Waals surface area contributed by atoms with Gasteiger partial charge in [-0.3, -0.25) is 9.10 Å². The Balaban J connectivity index is 1.69. The fourth-order valence-electron chi connectivity index (χ4n) is 2.86. The van der Waals surface area contributed by atoms with Crippen molar-refractivity contribution in [2.45, 2.75) is 4.90 Å². The van der Waals surface area contributed by atoms with Crippen molar-refractivity contribution in [1.29, 1.82) is 0 Å². The minimum absolute atomic E-state index is 0.0331. The number of esters is 1. The molecule has 0 aliphatic carbocycles.